The number of ether oxygens (including phenoxy) is 2. The van der Waals surface area contributed by atoms with Crippen LogP contribution in [0.3, 0.4) is 0 Å². The largest absolute Gasteiger partial charge is 0.586 e. The van der Waals surface area contributed by atoms with Crippen molar-refractivity contribution in [2.24, 2.45) is 0 Å². The third kappa shape index (κ3) is 5.59. The molecule has 1 aliphatic carbocycles. The minimum atomic E-state index is -3.51. The first-order valence-corrected chi connectivity index (χ1v) is 12.2. The van der Waals surface area contributed by atoms with Gasteiger partial charge >= 0.3 is 6.29 Å². The molecule has 8 nitrogen and oxygen atoms in total. The number of hydrogen-bond acceptors (Lipinski definition) is 6. The molecule has 5 rings (SSSR count). The highest BCUT2D eigenvalue weighted by atomic mass is 19.3. The molecule has 0 spiro atoms. The zero-order valence-corrected chi connectivity index (χ0v) is 21.3. The Hall–Kier alpha value is -3.28. The third-order valence-corrected chi connectivity index (χ3v) is 7.00. The van der Waals surface area contributed by atoms with Gasteiger partial charge in [0, 0.05) is 22.6 Å². The Bertz CT molecular complexity index is 1340. The van der Waals surface area contributed by atoms with Gasteiger partial charge in [0.2, 0.25) is 6.41 Å². The molecule has 1 saturated carbocycles. The molecule has 2 aromatic carbocycles. The van der Waals surface area contributed by atoms with Gasteiger partial charge < -0.3 is 34.7 Å². The van der Waals surface area contributed by atoms with Crippen molar-refractivity contribution in [3.63, 3.8) is 0 Å². The second kappa shape index (κ2) is 10.1. The fourth-order valence-corrected chi connectivity index (χ4v) is 4.37. The fourth-order valence-electron chi connectivity index (χ4n) is 4.37. The van der Waals surface area contributed by atoms with Crippen molar-refractivity contribution in [1.29, 1.82) is 0 Å². The van der Waals surface area contributed by atoms with Crippen LogP contribution in [0.2, 0.25) is 0 Å². The number of carbonyl (C=O) groups excluding carboxylic acids is 1. The van der Waals surface area contributed by atoms with E-state index in [0.717, 1.165) is 18.4 Å². The average molecular weight is 537 g/mol. The normalized spacial score (nSPS) is 17.5. The monoisotopic (exact) mass is 536 g/mol. The summed E-state index contributed by atoms with van der Waals surface area (Å²) in [7, 11) is 0. The molecule has 1 aromatic heterocycles. The number of nitrogens with zero attached hydrogens (tertiary/aromatic N) is 1. The molecule has 1 atom stereocenters. The van der Waals surface area contributed by atoms with Crippen molar-refractivity contribution in [1.82, 2.24) is 4.57 Å². The second-order valence-corrected chi connectivity index (χ2v) is 10.6. The summed E-state index contributed by atoms with van der Waals surface area (Å²) in [6.45, 7) is 5.27. The molecule has 2 heterocycles. The Morgan fingerprint density at radius 3 is 2.42 bits per heavy atom. The van der Waals surface area contributed by atoms with Crippen LogP contribution < -0.4 is 14.8 Å². The summed E-state index contributed by atoms with van der Waals surface area (Å²) in [5, 5.41) is 31.4. The van der Waals surface area contributed by atoms with E-state index in [-0.39, 0.29) is 35.8 Å². The molecule has 0 unspecified atom stereocenters. The Morgan fingerprint density at radius 1 is 1.13 bits per heavy atom. The van der Waals surface area contributed by atoms with Crippen molar-refractivity contribution >= 4 is 23.0 Å². The van der Waals surface area contributed by atoms with Gasteiger partial charge in [-0.15, -0.1) is 8.78 Å². The van der Waals surface area contributed by atoms with E-state index in [1.807, 2.05) is 19.9 Å². The summed E-state index contributed by atoms with van der Waals surface area (Å²) in [6.07, 6.45) is -1.91. The number of hydrogen-bond donors (Lipinski definition) is 4. The number of rotatable bonds is 8. The number of amides is 1. The summed E-state index contributed by atoms with van der Waals surface area (Å²) < 4.78 is 50.0. The van der Waals surface area contributed by atoms with Gasteiger partial charge in [-0.1, -0.05) is 26.8 Å². The standard InChI is InChI=1S/C16H21FN2O4.C11H10F2O2/c1-16(2,8-21)15-4-10-3-13(18-9-22)12(17)5-14(10)19(15)6-11(23)7-20;1-10(4-5-10)7-2-3-8-9(6-7)15-11(12,13)14-8/h3-5,9,11,20-21,23H,6-8H2,1-2H3,(H,18,22);2-3,6H,4-5H2,1H3/t11-;/m1./s1. The quantitative estimate of drug-likeness (QED) is 0.324. The molecule has 0 radical (unpaired) electrons. The van der Waals surface area contributed by atoms with Crippen LogP contribution in [0.5, 0.6) is 11.5 Å². The SMILES string of the molecule is CC(C)(CO)c1cc2cc(NC=O)c(F)cc2n1C[C@@H](O)CO.CC1(c2ccc3c(c2)OC(F)(F)O3)CC1. The summed E-state index contributed by atoms with van der Waals surface area (Å²) in [5.41, 5.74) is 1.84. The van der Waals surface area contributed by atoms with Gasteiger partial charge in [0.15, 0.2) is 11.5 Å². The van der Waals surface area contributed by atoms with Gasteiger partial charge in [0.05, 0.1) is 37.1 Å². The van der Waals surface area contributed by atoms with Crippen LogP contribution in [0.1, 0.15) is 44.9 Å². The molecular weight excluding hydrogens is 505 g/mol. The lowest BCUT2D eigenvalue weighted by atomic mass is 9.90. The summed E-state index contributed by atoms with van der Waals surface area (Å²) in [5.74, 6) is -0.339. The second-order valence-electron chi connectivity index (χ2n) is 10.6. The lowest BCUT2D eigenvalue weighted by Crippen LogP contribution is -2.29. The number of aliphatic hydroxyl groups is 3. The first-order valence-electron chi connectivity index (χ1n) is 12.2. The van der Waals surface area contributed by atoms with Crippen LogP contribution in [-0.4, -0.2) is 51.9 Å². The van der Waals surface area contributed by atoms with Crippen LogP contribution >= 0.6 is 0 Å². The lowest BCUT2D eigenvalue weighted by molar-refractivity contribution is -0.286. The highest BCUT2D eigenvalue weighted by Gasteiger charge is 2.45. The number of benzene rings is 2. The lowest BCUT2D eigenvalue weighted by Gasteiger charge is -2.25. The third-order valence-electron chi connectivity index (χ3n) is 7.00. The number of halogens is 3. The van der Waals surface area contributed by atoms with Crippen LogP contribution in [0.4, 0.5) is 18.9 Å². The van der Waals surface area contributed by atoms with Gasteiger partial charge in [0.25, 0.3) is 0 Å². The average Bonchev–Trinajstić information content (AvgIpc) is 3.40. The Kier molecular flexibility index (Phi) is 7.39. The first kappa shape index (κ1) is 27.7. The van der Waals surface area contributed by atoms with Gasteiger partial charge in [-0.05, 0) is 48.1 Å². The molecule has 3 aromatic rings. The molecule has 1 fully saturated rings. The molecule has 4 N–H and O–H groups in total. The maximum atomic E-state index is 14.1. The van der Waals surface area contributed by atoms with E-state index in [1.165, 1.54) is 12.1 Å². The number of carbonyl (C=O) groups is 1. The number of fused-ring (bicyclic) bond motifs is 2. The van der Waals surface area contributed by atoms with E-state index in [0.29, 0.717) is 23.0 Å². The highest BCUT2D eigenvalue weighted by molar-refractivity contribution is 5.88. The van der Waals surface area contributed by atoms with E-state index in [9.17, 15) is 28.2 Å². The number of alkyl halides is 2. The fraction of sp³-hybridized carbons (Fsp3) is 0.444. The summed E-state index contributed by atoms with van der Waals surface area (Å²) in [6, 6.07) is 9.58. The predicted molar refractivity (Wildman–Crippen MR) is 134 cm³/mol. The van der Waals surface area contributed by atoms with Gasteiger partial charge in [0.1, 0.15) is 5.82 Å². The molecule has 2 aliphatic rings. The zero-order chi connectivity index (χ0) is 27.9. The van der Waals surface area contributed by atoms with E-state index in [1.54, 1.807) is 22.8 Å². The van der Waals surface area contributed by atoms with Crippen molar-refractivity contribution in [3.8, 4) is 11.5 Å². The van der Waals surface area contributed by atoms with Gasteiger partial charge in [-0.3, -0.25) is 4.79 Å². The van der Waals surface area contributed by atoms with E-state index in [2.05, 4.69) is 21.7 Å². The van der Waals surface area contributed by atoms with E-state index < -0.39 is 30.2 Å². The molecule has 0 bridgehead atoms. The molecule has 11 heteroatoms. The van der Waals surface area contributed by atoms with Crippen LogP contribution in [0, 0.1) is 5.82 Å². The van der Waals surface area contributed by atoms with E-state index in [4.69, 9.17) is 5.11 Å². The van der Waals surface area contributed by atoms with Crippen LogP contribution in [-0.2, 0) is 22.2 Å². The molecular formula is C27H31F3N2O6. The van der Waals surface area contributed by atoms with E-state index >= 15 is 0 Å². The number of nitrogens with one attached hydrogen (secondary N) is 1. The Balaban J connectivity index is 0.000000192. The van der Waals surface area contributed by atoms with Crippen molar-refractivity contribution in [2.75, 3.05) is 18.5 Å². The highest BCUT2D eigenvalue weighted by Crippen LogP contribution is 2.51. The predicted octanol–water partition coefficient (Wildman–Crippen LogP) is 4.03. The molecule has 1 amide bonds. The minimum absolute atomic E-state index is 0.0562. The minimum Gasteiger partial charge on any atom is -0.395 e. The van der Waals surface area contributed by atoms with Crippen molar-refractivity contribution < 1.29 is 42.8 Å². The Morgan fingerprint density at radius 2 is 1.82 bits per heavy atom. The van der Waals surface area contributed by atoms with Crippen LogP contribution in [0.15, 0.2) is 36.4 Å². The molecule has 38 heavy (non-hydrogen) atoms. The van der Waals surface area contributed by atoms with Crippen molar-refractivity contribution in [3.05, 3.63) is 53.5 Å². The Labute approximate surface area is 217 Å². The molecule has 206 valence electrons. The number of anilines is 1. The number of aliphatic hydroxyl groups excluding tert-OH is 3. The maximum Gasteiger partial charge on any atom is 0.586 e. The number of aromatic nitrogens is 1. The van der Waals surface area contributed by atoms with Crippen molar-refractivity contribution in [2.45, 2.75) is 63.4 Å². The van der Waals surface area contributed by atoms with Gasteiger partial charge in [-0.2, -0.15) is 0 Å². The summed E-state index contributed by atoms with van der Waals surface area (Å²) in [4.78, 5) is 10.5. The maximum absolute atomic E-state index is 14.1. The molecule has 0 saturated heterocycles. The molecule has 1 aliphatic heterocycles. The summed E-state index contributed by atoms with van der Waals surface area (Å²) >= 11 is 0. The first-order chi connectivity index (χ1) is 17.8. The smallest absolute Gasteiger partial charge is 0.395 e. The van der Waals surface area contributed by atoms with Gasteiger partial charge in [-0.25, -0.2) is 4.39 Å². The van der Waals surface area contributed by atoms with Crippen LogP contribution in [0.25, 0.3) is 10.9 Å². The zero-order valence-electron chi connectivity index (χ0n) is 21.3. The topological polar surface area (TPSA) is 113 Å².